The standard InChI is InChI=1S/C19H21ClO5/c1-5-23-17(21)9-7-15-12(3)14-6-8-16(24-10-11(2)20)13(4)18(14)25-19(15)22/h6,8H,2,5,7,9-10H2,1,3-4H3. The lowest BCUT2D eigenvalue weighted by atomic mass is 10.0. The summed E-state index contributed by atoms with van der Waals surface area (Å²) in [6.45, 7) is 9.48. The smallest absolute Gasteiger partial charge is 0.339 e. The molecule has 2 rings (SSSR count). The number of hydrogen-bond acceptors (Lipinski definition) is 5. The van der Waals surface area contributed by atoms with Crippen molar-refractivity contribution in [3.8, 4) is 5.75 Å². The van der Waals surface area contributed by atoms with E-state index in [9.17, 15) is 9.59 Å². The fraction of sp³-hybridized carbons (Fsp3) is 0.368. The molecule has 0 spiro atoms. The predicted octanol–water partition coefficient (Wildman–Crippen LogP) is 4.04. The normalized spacial score (nSPS) is 10.7. The van der Waals surface area contributed by atoms with Crippen LogP contribution in [0.4, 0.5) is 0 Å². The van der Waals surface area contributed by atoms with Crippen LogP contribution < -0.4 is 10.4 Å². The fourth-order valence-corrected chi connectivity index (χ4v) is 2.69. The molecule has 6 heteroatoms. The Balaban J connectivity index is 2.39. The number of rotatable bonds is 7. The minimum atomic E-state index is -0.448. The molecule has 0 aliphatic carbocycles. The van der Waals surface area contributed by atoms with Gasteiger partial charge < -0.3 is 13.9 Å². The number of aryl methyl sites for hydroxylation is 2. The molecule has 5 nitrogen and oxygen atoms in total. The zero-order valence-electron chi connectivity index (χ0n) is 14.6. The summed E-state index contributed by atoms with van der Waals surface area (Å²) in [7, 11) is 0. The van der Waals surface area contributed by atoms with Crippen molar-refractivity contribution in [1.82, 2.24) is 0 Å². The number of hydrogen-bond donors (Lipinski definition) is 0. The molecule has 1 aromatic heterocycles. The third-order valence-electron chi connectivity index (χ3n) is 3.92. The van der Waals surface area contributed by atoms with E-state index in [0.717, 1.165) is 10.9 Å². The summed E-state index contributed by atoms with van der Waals surface area (Å²) in [6.07, 6.45) is 0.426. The van der Waals surface area contributed by atoms with Crippen molar-refractivity contribution in [3.05, 3.63) is 50.9 Å². The second kappa shape index (κ2) is 8.21. The third kappa shape index (κ3) is 4.42. The summed E-state index contributed by atoms with van der Waals surface area (Å²) in [6, 6.07) is 3.64. The van der Waals surface area contributed by atoms with Crippen molar-refractivity contribution in [2.24, 2.45) is 0 Å². The van der Waals surface area contributed by atoms with Crippen molar-refractivity contribution in [3.63, 3.8) is 0 Å². The van der Waals surface area contributed by atoms with Crippen molar-refractivity contribution >= 4 is 28.5 Å². The number of halogens is 1. The van der Waals surface area contributed by atoms with Crippen LogP contribution in [0.1, 0.15) is 30.0 Å². The summed E-state index contributed by atoms with van der Waals surface area (Å²) in [5.74, 6) is 0.249. The molecule has 0 bridgehead atoms. The van der Waals surface area contributed by atoms with Crippen LogP contribution in [0.15, 0.2) is 33.0 Å². The molecule has 0 aliphatic rings. The van der Waals surface area contributed by atoms with E-state index in [0.29, 0.717) is 34.1 Å². The molecule has 0 saturated heterocycles. The van der Waals surface area contributed by atoms with Gasteiger partial charge in [0.15, 0.2) is 0 Å². The maximum atomic E-state index is 12.4. The maximum Gasteiger partial charge on any atom is 0.339 e. The highest BCUT2D eigenvalue weighted by molar-refractivity contribution is 6.29. The van der Waals surface area contributed by atoms with E-state index < -0.39 is 5.63 Å². The Morgan fingerprint density at radius 2 is 2.00 bits per heavy atom. The molecular formula is C19H21ClO5. The fourth-order valence-electron chi connectivity index (χ4n) is 2.63. The van der Waals surface area contributed by atoms with Gasteiger partial charge in [-0.3, -0.25) is 4.79 Å². The van der Waals surface area contributed by atoms with Gasteiger partial charge in [-0.25, -0.2) is 4.79 Å². The Morgan fingerprint density at radius 3 is 2.64 bits per heavy atom. The zero-order valence-corrected chi connectivity index (χ0v) is 15.4. The second-order valence-corrected chi connectivity index (χ2v) is 6.20. The van der Waals surface area contributed by atoms with Crippen LogP contribution in [0, 0.1) is 13.8 Å². The van der Waals surface area contributed by atoms with Crippen molar-refractivity contribution in [1.29, 1.82) is 0 Å². The summed E-state index contributed by atoms with van der Waals surface area (Å²) >= 11 is 5.72. The molecular weight excluding hydrogens is 344 g/mol. The topological polar surface area (TPSA) is 65.7 Å². The van der Waals surface area contributed by atoms with Crippen LogP contribution in [-0.4, -0.2) is 19.2 Å². The summed E-state index contributed by atoms with van der Waals surface area (Å²) in [5.41, 5.74) is 2.03. The molecule has 0 N–H and O–H groups in total. The molecule has 0 unspecified atom stereocenters. The van der Waals surface area contributed by atoms with Crippen LogP contribution in [-0.2, 0) is 16.0 Å². The van der Waals surface area contributed by atoms with E-state index >= 15 is 0 Å². The highest BCUT2D eigenvalue weighted by Crippen LogP contribution is 2.30. The van der Waals surface area contributed by atoms with Crippen LogP contribution >= 0.6 is 11.6 Å². The van der Waals surface area contributed by atoms with Gasteiger partial charge >= 0.3 is 11.6 Å². The lowest BCUT2D eigenvalue weighted by Gasteiger charge is -2.13. The Labute approximate surface area is 151 Å². The Kier molecular flexibility index (Phi) is 6.26. The number of fused-ring (bicyclic) bond motifs is 1. The van der Waals surface area contributed by atoms with Gasteiger partial charge in [-0.2, -0.15) is 0 Å². The largest absolute Gasteiger partial charge is 0.488 e. The molecule has 0 radical (unpaired) electrons. The molecule has 25 heavy (non-hydrogen) atoms. The van der Waals surface area contributed by atoms with Gasteiger partial charge in [0.25, 0.3) is 0 Å². The molecule has 0 saturated carbocycles. The van der Waals surface area contributed by atoms with E-state index in [2.05, 4.69) is 6.58 Å². The van der Waals surface area contributed by atoms with Crippen LogP contribution in [0.5, 0.6) is 5.75 Å². The van der Waals surface area contributed by atoms with Crippen molar-refractivity contribution in [2.45, 2.75) is 33.6 Å². The number of esters is 1. The number of carbonyl (C=O) groups is 1. The van der Waals surface area contributed by atoms with E-state index in [-0.39, 0.29) is 25.4 Å². The Hall–Kier alpha value is -2.27. The molecule has 1 heterocycles. The van der Waals surface area contributed by atoms with Crippen molar-refractivity contribution in [2.75, 3.05) is 13.2 Å². The van der Waals surface area contributed by atoms with E-state index in [1.807, 2.05) is 19.9 Å². The van der Waals surface area contributed by atoms with Crippen LogP contribution in [0.25, 0.3) is 11.0 Å². The Bertz CT molecular complexity index is 866. The van der Waals surface area contributed by atoms with Gasteiger partial charge in [0.05, 0.1) is 6.61 Å². The molecule has 0 aliphatic heterocycles. The molecule has 0 fully saturated rings. The molecule has 0 amide bonds. The minimum absolute atomic E-state index is 0.142. The highest BCUT2D eigenvalue weighted by Gasteiger charge is 2.16. The van der Waals surface area contributed by atoms with Crippen LogP contribution in [0.3, 0.4) is 0 Å². The predicted molar refractivity (Wildman–Crippen MR) is 97.4 cm³/mol. The zero-order chi connectivity index (χ0) is 18.6. The average molecular weight is 365 g/mol. The maximum absolute atomic E-state index is 12.4. The SMILES string of the molecule is C=C(Cl)COc1ccc2c(C)c(CCC(=O)OCC)c(=O)oc2c1C. The first-order valence-electron chi connectivity index (χ1n) is 8.02. The lowest BCUT2D eigenvalue weighted by Crippen LogP contribution is -2.14. The van der Waals surface area contributed by atoms with Gasteiger partial charge in [0.2, 0.25) is 0 Å². The summed E-state index contributed by atoms with van der Waals surface area (Å²) < 4.78 is 16.0. The minimum Gasteiger partial charge on any atom is -0.488 e. The highest BCUT2D eigenvalue weighted by atomic mass is 35.5. The average Bonchev–Trinajstić information content (AvgIpc) is 2.55. The first-order chi connectivity index (χ1) is 11.8. The monoisotopic (exact) mass is 364 g/mol. The molecule has 134 valence electrons. The van der Waals surface area contributed by atoms with Gasteiger partial charge in [-0.05, 0) is 44.9 Å². The molecule has 2 aromatic rings. The molecule has 1 aromatic carbocycles. The quantitative estimate of drug-likeness (QED) is 0.548. The van der Waals surface area contributed by atoms with Crippen LogP contribution in [0.2, 0.25) is 0 Å². The number of carbonyl (C=O) groups excluding carboxylic acids is 1. The summed E-state index contributed by atoms with van der Waals surface area (Å²) in [5, 5.41) is 1.19. The first kappa shape index (κ1) is 19.1. The van der Waals surface area contributed by atoms with Gasteiger partial charge in [0, 0.05) is 28.0 Å². The van der Waals surface area contributed by atoms with Gasteiger partial charge in [0.1, 0.15) is 17.9 Å². The summed E-state index contributed by atoms with van der Waals surface area (Å²) in [4.78, 5) is 23.9. The van der Waals surface area contributed by atoms with E-state index in [4.69, 9.17) is 25.5 Å². The number of benzene rings is 1. The van der Waals surface area contributed by atoms with Crippen molar-refractivity contribution < 1.29 is 18.7 Å². The van der Waals surface area contributed by atoms with Gasteiger partial charge in [-0.1, -0.05) is 18.2 Å². The Morgan fingerprint density at radius 1 is 1.28 bits per heavy atom. The second-order valence-electron chi connectivity index (χ2n) is 5.67. The lowest BCUT2D eigenvalue weighted by molar-refractivity contribution is -0.143. The third-order valence-corrected chi connectivity index (χ3v) is 4.03. The van der Waals surface area contributed by atoms with Gasteiger partial charge in [-0.15, -0.1) is 0 Å². The molecule has 0 atom stereocenters. The first-order valence-corrected chi connectivity index (χ1v) is 8.40. The van der Waals surface area contributed by atoms with E-state index in [1.165, 1.54) is 0 Å². The van der Waals surface area contributed by atoms with E-state index in [1.54, 1.807) is 13.0 Å². The number of ether oxygens (including phenoxy) is 2.